The van der Waals surface area contributed by atoms with Crippen LogP contribution in [0.1, 0.15) is 25.8 Å². The molecule has 0 saturated carbocycles. The lowest BCUT2D eigenvalue weighted by atomic mass is 9.89. The monoisotopic (exact) mass is 289 g/mol. The minimum atomic E-state index is 0.0500. The molecule has 1 aromatic heterocycles. The zero-order valence-electron chi connectivity index (χ0n) is 13.1. The van der Waals surface area contributed by atoms with Crippen molar-refractivity contribution in [2.75, 3.05) is 19.5 Å². The van der Waals surface area contributed by atoms with Gasteiger partial charge in [0.2, 0.25) is 0 Å². The Morgan fingerprint density at radius 2 is 2.10 bits per heavy atom. The number of nitrogens with zero attached hydrogens (tertiary/aromatic N) is 4. The van der Waals surface area contributed by atoms with E-state index in [9.17, 15) is 0 Å². The molecule has 0 aliphatic carbocycles. The smallest absolute Gasteiger partial charge is 0.182 e. The van der Waals surface area contributed by atoms with Crippen LogP contribution in [0.4, 0.5) is 5.69 Å². The Kier molecular flexibility index (Phi) is 4.57. The van der Waals surface area contributed by atoms with Gasteiger partial charge in [0.05, 0.1) is 6.54 Å². The minimum absolute atomic E-state index is 0.0500. The summed E-state index contributed by atoms with van der Waals surface area (Å²) in [5.41, 5.74) is 8.75. The maximum atomic E-state index is 5.98. The Labute approximate surface area is 125 Å². The quantitative estimate of drug-likeness (QED) is 0.825. The van der Waals surface area contributed by atoms with E-state index < -0.39 is 0 Å². The first-order valence-electron chi connectivity index (χ1n) is 7.05. The molecule has 2 N–H and O–H groups in total. The van der Waals surface area contributed by atoms with Gasteiger partial charge in [-0.3, -0.25) is 0 Å². The molecule has 0 fully saturated rings. The normalized spacial score (nSPS) is 11.8. The van der Waals surface area contributed by atoms with Crippen molar-refractivity contribution in [3.05, 3.63) is 23.8 Å². The summed E-state index contributed by atoms with van der Waals surface area (Å²) in [4.78, 5) is 0. The largest absolute Gasteiger partial charge is 0.398 e. The van der Waals surface area contributed by atoms with E-state index in [0.29, 0.717) is 0 Å². The predicted molar refractivity (Wildman–Crippen MR) is 82.7 cm³/mol. The Hall–Kier alpha value is -1.95. The highest BCUT2D eigenvalue weighted by atomic mass is 16.5. The number of nitrogen functional groups attached to an aromatic ring is 1. The second kappa shape index (κ2) is 6.22. The number of rotatable bonds is 6. The minimum Gasteiger partial charge on any atom is -0.398 e. The SMILES string of the molecule is COCCC(C)(C)Cn1nnnc1-c1cccc(N)c1C. The lowest BCUT2D eigenvalue weighted by molar-refractivity contribution is 0.140. The van der Waals surface area contributed by atoms with Gasteiger partial charge in [-0.05, 0) is 40.8 Å². The average molecular weight is 289 g/mol. The van der Waals surface area contributed by atoms with Gasteiger partial charge in [-0.1, -0.05) is 26.0 Å². The van der Waals surface area contributed by atoms with Crippen molar-refractivity contribution in [2.24, 2.45) is 5.41 Å². The zero-order chi connectivity index (χ0) is 15.5. The summed E-state index contributed by atoms with van der Waals surface area (Å²) in [6, 6.07) is 5.80. The van der Waals surface area contributed by atoms with Crippen molar-refractivity contribution in [3.8, 4) is 11.4 Å². The Bertz CT molecular complexity index is 606. The van der Waals surface area contributed by atoms with Gasteiger partial charge in [0.15, 0.2) is 5.82 Å². The molecular formula is C15H23N5O. The van der Waals surface area contributed by atoms with Gasteiger partial charge in [-0.2, -0.15) is 0 Å². The maximum absolute atomic E-state index is 5.98. The molecule has 0 bridgehead atoms. The highest BCUT2D eigenvalue weighted by molar-refractivity contribution is 5.67. The topological polar surface area (TPSA) is 78.8 Å². The van der Waals surface area contributed by atoms with Crippen molar-refractivity contribution >= 4 is 5.69 Å². The van der Waals surface area contributed by atoms with E-state index in [4.69, 9.17) is 10.5 Å². The van der Waals surface area contributed by atoms with E-state index in [1.165, 1.54) is 0 Å². The molecule has 0 saturated heterocycles. The third-order valence-corrected chi connectivity index (χ3v) is 3.71. The second-order valence-electron chi connectivity index (χ2n) is 6.09. The summed E-state index contributed by atoms with van der Waals surface area (Å²) < 4.78 is 7.01. The van der Waals surface area contributed by atoms with Crippen molar-refractivity contribution in [1.29, 1.82) is 0 Å². The number of nitrogens with two attached hydrogens (primary N) is 1. The summed E-state index contributed by atoms with van der Waals surface area (Å²) in [6.07, 6.45) is 0.943. The number of tetrazole rings is 1. The molecule has 0 radical (unpaired) electrons. The summed E-state index contributed by atoms with van der Waals surface area (Å²) in [7, 11) is 1.72. The maximum Gasteiger partial charge on any atom is 0.182 e. The number of aromatic nitrogens is 4. The van der Waals surface area contributed by atoms with E-state index in [1.807, 2.05) is 29.8 Å². The number of benzene rings is 1. The van der Waals surface area contributed by atoms with Gasteiger partial charge in [-0.25, -0.2) is 4.68 Å². The summed E-state index contributed by atoms with van der Waals surface area (Å²) in [5, 5.41) is 12.1. The van der Waals surface area contributed by atoms with Gasteiger partial charge >= 0.3 is 0 Å². The zero-order valence-corrected chi connectivity index (χ0v) is 13.1. The van der Waals surface area contributed by atoms with Crippen LogP contribution >= 0.6 is 0 Å². The molecule has 21 heavy (non-hydrogen) atoms. The van der Waals surface area contributed by atoms with Crippen molar-refractivity contribution in [3.63, 3.8) is 0 Å². The van der Waals surface area contributed by atoms with E-state index >= 15 is 0 Å². The summed E-state index contributed by atoms with van der Waals surface area (Å²) in [6.45, 7) is 7.81. The lowest BCUT2D eigenvalue weighted by Crippen LogP contribution is -2.23. The Morgan fingerprint density at radius 1 is 1.33 bits per heavy atom. The van der Waals surface area contributed by atoms with Gasteiger partial charge < -0.3 is 10.5 Å². The Morgan fingerprint density at radius 3 is 2.81 bits per heavy atom. The van der Waals surface area contributed by atoms with Crippen molar-refractivity contribution in [2.45, 2.75) is 33.7 Å². The highest BCUT2D eigenvalue weighted by Gasteiger charge is 2.22. The van der Waals surface area contributed by atoms with Crippen LogP contribution in [0.5, 0.6) is 0 Å². The number of anilines is 1. The van der Waals surface area contributed by atoms with E-state index in [0.717, 1.165) is 42.2 Å². The lowest BCUT2D eigenvalue weighted by Gasteiger charge is -2.24. The molecular weight excluding hydrogens is 266 g/mol. The van der Waals surface area contributed by atoms with E-state index in [2.05, 4.69) is 29.4 Å². The van der Waals surface area contributed by atoms with Gasteiger partial charge in [0, 0.05) is 25.0 Å². The summed E-state index contributed by atoms with van der Waals surface area (Å²) >= 11 is 0. The molecule has 0 aliphatic rings. The van der Waals surface area contributed by atoms with Crippen LogP contribution in [-0.4, -0.2) is 33.9 Å². The molecule has 114 valence electrons. The first-order chi connectivity index (χ1) is 9.94. The number of ether oxygens (including phenoxy) is 1. The van der Waals surface area contributed by atoms with Crippen LogP contribution in [-0.2, 0) is 11.3 Å². The van der Waals surface area contributed by atoms with E-state index in [-0.39, 0.29) is 5.41 Å². The van der Waals surface area contributed by atoms with E-state index in [1.54, 1.807) is 7.11 Å². The van der Waals surface area contributed by atoms with Gasteiger partial charge in [-0.15, -0.1) is 5.10 Å². The molecule has 0 atom stereocenters. The molecule has 0 unspecified atom stereocenters. The average Bonchev–Trinajstić information content (AvgIpc) is 2.87. The highest BCUT2D eigenvalue weighted by Crippen LogP contribution is 2.28. The fourth-order valence-corrected chi connectivity index (χ4v) is 2.26. The fourth-order valence-electron chi connectivity index (χ4n) is 2.26. The molecule has 2 aromatic rings. The Balaban J connectivity index is 2.29. The second-order valence-corrected chi connectivity index (χ2v) is 6.09. The van der Waals surface area contributed by atoms with Gasteiger partial charge in [0.25, 0.3) is 0 Å². The molecule has 6 nitrogen and oxygen atoms in total. The molecule has 0 aliphatic heterocycles. The fraction of sp³-hybridized carbons (Fsp3) is 0.533. The van der Waals surface area contributed by atoms with Crippen LogP contribution in [0.2, 0.25) is 0 Å². The number of methoxy groups -OCH3 is 1. The van der Waals surface area contributed by atoms with Crippen LogP contribution in [0, 0.1) is 12.3 Å². The molecule has 6 heteroatoms. The predicted octanol–water partition coefficient (Wildman–Crippen LogP) is 2.29. The number of hydrogen-bond donors (Lipinski definition) is 1. The first-order valence-corrected chi connectivity index (χ1v) is 7.05. The van der Waals surface area contributed by atoms with Crippen LogP contribution in [0.15, 0.2) is 18.2 Å². The van der Waals surface area contributed by atoms with Crippen molar-refractivity contribution in [1.82, 2.24) is 20.2 Å². The standard InChI is InChI=1S/C15H23N5O/c1-11-12(6-5-7-13(11)16)14-17-18-19-20(14)10-15(2,3)8-9-21-4/h5-7H,8-10,16H2,1-4H3. The number of hydrogen-bond acceptors (Lipinski definition) is 5. The van der Waals surface area contributed by atoms with Crippen LogP contribution in [0.3, 0.4) is 0 Å². The third kappa shape index (κ3) is 3.58. The molecule has 0 spiro atoms. The summed E-state index contributed by atoms with van der Waals surface area (Å²) in [5.74, 6) is 0.755. The molecule has 1 aromatic carbocycles. The molecule has 2 rings (SSSR count). The van der Waals surface area contributed by atoms with Crippen molar-refractivity contribution < 1.29 is 4.74 Å². The van der Waals surface area contributed by atoms with Gasteiger partial charge in [0.1, 0.15) is 0 Å². The van der Waals surface area contributed by atoms with Crippen LogP contribution < -0.4 is 5.73 Å². The molecule has 1 heterocycles. The molecule has 0 amide bonds. The third-order valence-electron chi connectivity index (χ3n) is 3.71. The van der Waals surface area contributed by atoms with Crippen LogP contribution in [0.25, 0.3) is 11.4 Å². The first kappa shape index (κ1) is 15.4.